The number of nitrogens with one attached hydrogen (secondary N) is 1. The minimum atomic E-state index is -0.280. The number of aromatic nitrogens is 1. The average molecular weight is 288 g/mol. The van der Waals surface area contributed by atoms with E-state index in [4.69, 9.17) is 0 Å². The first kappa shape index (κ1) is 14.1. The van der Waals surface area contributed by atoms with Crippen molar-refractivity contribution in [3.63, 3.8) is 0 Å². The first-order valence-electron chi connectivity index (χ1n) is 7.67. The zero-order valence-electron chi connectivity index (χ0n) is 12.5. The van der Waals surface area contributed by atoms with Crippen molar-refractivity contribution in [2.24, 2.45) is 5.92 Å². The molecule has 3 nitrogen and oxygen atoms in total. The minimum Gasteiger partial charge on any atom is -0.351 e. The van der Waals surface area contributed by atoms with Gasteiger partial charge >= 0.3 is 0 Å². The molecule has 0 radical (unpaired) electrons. The van der Waals surface area contributed by atoms with E-state index in [0.717, 1.165) is 30.3 Å². The molecule has 0 spiro atoms. The molecular weight excluding hydrogens is 267 g/mol. The molecule has 1 fully saturated rings. The quantitative estimate of drug-likeness (QED) is 0.892. The van der Waals surface area contributed by atoms with Gasteiger partial charge < -0.3 is 9.88 Å². The number of amides is 1. The number of rotatable bonds is 2. The second-order valence-electron chi connectivity index (χ2n) is 6.07. The molecule has 1 aliphatic rings. The van der Waals surface area contributed by atoms with Gasteiger partial charge in [-0.25, -0.2) is 4.39 Å². The van der Waals surface area contributed by atoms with Crippen LogP contribution < -0.4 is 0 Å². The van der Waals surface area contributed by atoms with Gasteiger partial charge in [-0.05, 0) is 49.9 Å². The summed E-state index contributed by atoms with van der Waals surface area (Å²) in [6.07, 6.45) is 3.35. The molecule has 0 saturated carbocycles. The van der Waals surface area contributed by atoms with Gasteiger partial charge in [0, 0.05) is 23.5 Å². The maximum Gasteiger partial charge on any atom is 0.270 e. The Hall–Kier alpha value is -1.84. The first-order valence-corrected chi connectivity index (χ1v) is 7.67. The fraction of sp³-hybridized carbons (Fsp3) is 0.471. The maximum atomic E-state index is 13.3. The van der Waals surface area contributed by atoms with Crippen molar-refractivity contribution in [1.29, 1.82) is 0 Å². The number of H-pyrrole nitrogens is 1. The number of piperidine rings is 1. The number of carbonyl (C=O) groups excluding carboxylic acids is 1. The molecule has 1 aromatic carbocycles. The lowest BCUT2D eigenvalue weighted by Crippen LogP contribution is -2.45. The van der Waals surface area contributed by atoms with E-state index in [0.29, 0.717) is 11.6 Å². The normalized spacial score (nSPS) is 22.7. The Balaban J connectivity index is 1.88. The van der Waals surface area contributed by atoms with Crippen LogP contribution in [0, 0.1) is 11.7 Å². The summed E-state index contributed by atoms with van der Waals surface area (Å²) < 4.78 is 13.3. The highest BCUT2D eigenvalue weighted by Crippen LogP contribution is 2.26. The summed E-state index contributed by atoms with van der Waals surface area (Å²) in [4.78, 5) is 17.8. The lowest BCUT2D eigenvalue weighted by atomic mass is 9.91. The maximum absolute atomic E-state index is 13.3. The van der Waals surface area contributed by atoms with E-state index >= 15 is 0 Å². The number of benzene rings is 1. The predicted molar refractivity (Wildman–Crippen MR) is 81.8 cm³/mol. The fourth-order valence-electron chi connectivity index (χ4n) is 3.17. The van der Waals surface area contributed by atoms with E-state index in [1.54, 1.807) is 12.1 Å². The summed E-state index contributed by atoms with van der Waals surface area (Å²) in [5.74, 6) is 0.335. The molecule has 3 rings (SSSR count). The summed E-state index contributed by atoms with van der Waals surface area (Å²) >= 11 is 0. The molecule has 0 bridgehead atoms. The highest BCUT2D eigenvalue weighted by atomic mass is 19.1. The van der Waals surface area contributed by atoms with Gasteiger partial charge in [-0.2, -0.15) is 0 Å². The first-order chi connectivity index (χ1) is 10.1. The highest BCUT2D eigenvalue weighted by Gasteiger charge is 2.29. The van der Waals surface area contributed by atoms with E-state index in [1.807, 2.05) is 4.90 Å². The molecule has 1 aromatic heterocycles. The zero-order valence-corrected chi connectivity index (χ0v) is 12.5. The third-order valence-electron chi connectivity index (χ3n) is 4.63. The average Bonchev–Trinajstić information content (AvgIpc) is 2.90. The molecule has 2 aromatic rings. The second kappa shape index (κ2) is 5.51. The molecule has 4 heteroatoms. The fourth-order valence-corrected chi connectivity index (χ4v) is 3.17. The van der Waals surface area contributed by atoms with E-state index in [2.05, 4.69) is 18.8 Å². The lowest BCUT2D eigenvalue weighted by Gasteiger charge is -2.37. The predicted octanol–water partition coefficient (Wildman–Crippen LogP) is 3.96. The van der Waals surface area contributed by atoms with Crippen LogP contribution in [0.2, 0.25) is 0 Å². The molecule has 1 aliphatic heterocycles. The van der Waals surface area contributed by atoms with Crippen molar-refractivity contribution in [2.45, 2.75) is 39.2 Å². The molecule has 0 unspecified atom stereocenters. The van der Waals surface area contributed by atoms with Crippen LogP contribution in [0.3, 0.4) is 0 Å². The van der Waals surface area contributed by atoms with Crippen molar-refractivity contribution >= 4 is 16.8 Å². The standard InChI is InChI=1S/C17H21FN2O/c1-3-12-5-4-11(2)20(10-12)17(21)16-9-13-8-14(18)6-7-15(13)19-16/h6-9,11-12,19H,3-5,10H2,1-2H3/t11-,12+/m1/s1. The molecule has 1 amide bonds. The van der Waals surface area contributed by atoms with Gasteiger partial charge in [-0.3, -0.25) is 4.79 Å². The largest absolute Gasteiger partial charge is 0.351 e. The Morgan fingerprint density at radius 3 is 2.95 bits per heavy atom. The third-order valence-corrected chi connectivity index (χ3v) is 4.63. The van der Waals surface area contributed by atoms with Gasteiger partial charge in [0.15, 0.2) is 0 Å². The van der Waals surface area contributed by atoms with Crippen LogP contribution in [0.25, 0.3) is 10.9 Å². The number of carbonyl (C=O) groups is 1. The second-order valence-corrected chi connectivity index (χ2v) is 6.07. The molecule has 112 valence electrons. The monoisotopic (exact) mass is 288 g/mol. The number of likely N-dealkylation sites (tertiary alicyclic amines) is 1. The van der Waals surface area contributed by atoms with Crippen LogP contribution in [0.5, 0.6) is 0 Å². The van der Waals surface area contributed by atoms with Crippen molar-refractivity contribution in [3.8, 4) is 0 Å². The Morgan fingerprint density at radius 2 is 2.19 bits per heavy atom. The van der Waals surface area contributed by atoms with Gasteiger partial charge in [0.2, 0.25) is 0 Å². The van der Waals surface area contributed by atoms with Crippen molar-refractivity contribution < 1.29 is 9.18 Å². The van der Waals surface area contributed by atoms with Gasteiger partial charge in [-0.15, -0.1) is 0 Å². The van der Waals surface area contributed by atoms with Crippen LogP contribution in [0.1, 0.15) is 43.6 Å². The van der Waals surface area contributed by atoms with Crippen molar-refractivity contribution in [2.75, 3.05) is 6.54 Å². The molecule has 21 heavy (non-hydrogen) atoms. The number of hydrogen-bond donors (Lipinski definition) is 1. The van der Waals surface area contributed by atoms with Gasteiger partial charge in [-0.1, -0.05) is 13.3 Å². The number of fused-ring (bicyclic) bond motifs is 1. The number of aromatic amines is 1. The number of nitrogens with zero attached hydrogens (tertiary/aromatic N) is 1. The summed E-state index contributed by atoms with van der Waals surface area (Å²) in [7, 11) is 0. The molecule has 2 heterocycles. The van der Waals surface area contributed by atoms with Crippen LogP contribution in [-0.4, -0.2) is 28.4 Å². The SMILES string of the molecule is CC[C@H]1CC[C@@H](C)N(C(=O)c2cc3cc(F)ccc3[nH]2)C1. The van der Waals surface area contributed by atoms with Crippen molar-refractivity contribution in [3.05, 3.63) is 35.8 Å². The lowest BCUT2D eigenvalue weighted by molar-refractivity contribution is 0.0551. The van der Waals surface area contributed by atoms with E-state index in [1.165, 1.54) is 18.6 Å². The Bertz CT molecular complexity index is 664. The zero-order chi connectivity index (χ0) is 15.0. The summed E-state index contributed by atoms with van der Waals surface area (Å²) in [5, 5.41) is 0.745. The molecule has 1 saturated heterocycles. The van der Waals surface area contributed by atoms with Crippen molar-refractivity contribution in [1.82, 2.24) is 9.88 Å². The minimum absolute atomic E-state index is 0.0252. The molecule has 1 N–H and O–H groups in total. The Labute approximate surface area is 124 Å². The summed E-state index contributed by atoms with van der Waals surface area (Å²) in [6, 6.07) is 6.56. The van der Waals surface area contributed by atoms with Gasteiger partial charge in [0.1, 0.15) is 11.5 Å². The smallest absolute Gasteiger partial charge is 0.270 e. The van der Waals surface area contributed by atoms with Crippen LogP contribution in [-0.2, 0) is 0 Å². The summed E-state index contributed by atoms with van der Waals surface area (Å²) in [5.41, 5.74) is 1.36. The molecule has 2 atom stereocenters. The van der Waals surface area contributed by atoms with Gasteiger partial charge in [0.25, 0.3) is 5.91 Å². The van der Waals surface area contributed by atoms with E-state index < -0.39 is 0 Å². The number of halogens is 1. The molecular formula is C17H21FN2O. The third kappa shape index (κ3) is 2.67. The molecule has 0 aliphatic carbocycles. The van der Waals surface area contributed by atoms with Crippen LogP contribution >= 0.6 is 0 Å². The van der Waals surface area contributed by atoms with Crippen LogP contribution in [0.15, 0.2) is 24.3 Å². The summed E-state index contributed by atoms with van der Waals surface area (Å²) in [6.45, 7) is 5.10. The van der Waals surface area contributed by atoms with Crippen LogP contribution in [0.4, 0.5) is 4.39 Å². The van der Waals surface area contributed by atoms with E-state index in [-0.39, 0.29) is 17.8 Å². The number of hydrogen-bond acceptors (Lipinski definition) is 1. The van der Waals surface area contributed by atoms with Gasteiger partial charge in [0.05, 0.1) is 0 Å². The Kier molecular flexibility index (Phi) is 3.70. The highest BCUT2D eigenvalue weighted by molar-refractivity contribution is 5.98. The Morgan fingerprint density at radius 1 is 1.38 bits per heavy atom. The topological polar surface area (TPSA) is 36.1 Å². The van der Waals surface area contributed by atoms with E-state index in [9.17, 15) is 9.18 Å².